The fourth-order valence-electron chi connectivity index (χ4n) is 1.55. The van der Waals surface area contributed by atoms with Gasteiger partial charge in [0.15, 0.2) is 5.16 Å². The van der Waals surface area contributed by atoms with Gasteiger partial charge in [-0.25, -0.2) is 0 Å². The smallest absolute Gasteiger partial charge is 0.191 e. The number of nitrogens with two attached hydrogens (primary N) is 1. The lowest BCUT2D eigenvalue weighted by molar-refractivity contribution is 0.592. The molecule has 0 aliphatic rings. The Morgan fingerprint density at radius 3 is 3.00 bits per heavy atom. The van der Waals surface area contributed by atoms with Gasteiger partial charge in [-0.1, -0.05) is 18.7 Å². The quantitative estimate of drug-likeness (QED) is 0.818. The van der Waals surface area contributed by atoms with E-state index in [4.69, 9.17) is 5.73 Å². The van der Waals surface area contributed by atoms with Gasteiger partial charge in [-0.05, 0) is 28.8 Å². The van der Waals surface area contributed by atoms with E-state index in [2.05, 4.69) is 38.5 Å². The number of thiophene rings is 1. The summed E-state index contributed by atoms with van der Waals surface area (Å²) in [6, 6.07) is 2.14. The molecule has 6 heteroatoms. The topological polar surface area (TPSA) is 56.7 Å². The van der Waals surface area contributed by atoms with Crippen molar-refractivity contribution in [1.82, 2.24) is 14.8 Å². The zero-order valence-corrected chi connectivity index (χ0v) is 11.4. The highest BCUT2D eigenvalue weighted by molar-refractivity contribution is 7.98. The average Bonchev–Trinajstić information content (AvgIpc) is 2.96. The first-order chi connectivity index (χ1) is 8.35. The molecular weight excluding hydrogens is 252 g/mol. The van der Waals surface area contributed by atoms with Crippen LogP contribution in [0.15, 0.2) is 22.0 Å². The van der Waals surface area contributed by atoms with Gasteiger partial charge in [0, 0.05) is 12.3 Å². The molecule has 0 spiro atoms. The summed E-state index contributed by atoms with van der Waals surface area (Å²) in [4.78, 5) is 0. The Morgan fingerprint density at radius 1 is 1.47 bits per heavy atom. The van der Waals surface area contributed by atoms with Crippen LogP contribution in [-0.4, -0.2) is 14.8 Å². The molecule has 0 unspecified atom stereocenters. The predicted octanol–water partition coefficient (Wildman–Crippen LogP) is 2.50. The van der Waals surface area contributed by atoms with E-state index in [1.54, 1.807) is 23.1 Å². The summed E-state index contributed by atoms with van der Waals surface area (Å²) in [7, 11) is 0. The molecule has 0 atom stereocenters. The lowest BCUT2D eigenvalue weighted by atomic mass is 10.4. The van der Waals surface area contributed by atoms with Crippen molar-refractivity contribution < 1.29 is 0 Å². The van der Waals surface area contributed by atoms with Crippen molar-refractivity contribution >= 4 is 23.1 Å². The molecule has 0 fully saturated rings. The maximum atomic E-state index is 5.65. The molecule has 2 N–H and O–H groups in total. The molecule has 17 heavy (non-hydrogen) atoms. The SMILES string of the molecule is CCCn1c(CN)nnc1SCc1ccsc1. The van der Waals surface area contributed by atoms with E-state index in [0.717, 1.165) is 29.7 Å². The molecule has 0 saturated heterocycles. The van der Waals surface area contributed by atoms with Gasteiger partial charge in [0.25, 0.3) is 0 Å². The molecule has 4 nitrogen and oxygen atoms in total. The van der Waals surface area contributed by atoms with Crippen molar-refractivity contribution in [3.8, 4) is 0 Å². The maximum Gasteiger partial charge on any atom is 0.191 e. The molecule has 0 aliphatic heterocycles. The van der Waals surface area contributed by atoms with Gasteiger partial charge < -0.3 is 10.3 Å². The van der Waals surface area contributed by atoms with Crippen LogP contribution in [0.2, 0.25) is 0 Å². The Bertz CT molecular complexity index is 450. The fourth-order valence-corrected chi connectivity index (χ4v) is 3.25. The Morgan fingerprint density at radius 2 is 2.35 bits per heavy atom. The highest BCUT2D eigenvalue weighted by Gasteiger charge is 2.10. The summed E-state index contributed by atoms with van der Waals surface area (Å²) in [5, 5.41) is 13.6. The van der Waals surface area contributed by atoms with E-state index < -0.39 is 0 Å². The Kier molecular flexibility index (Phi) is 4.58. The molecule has 0 bridgehead atoms. The van der Waals surface area contributed by atoms with E-state index >= 15 is 0 Å². The molecule has 0 radical (unpaired) electrons. The third kappa shape index (κ3) is 3.08. The highest BCUT2D eigenvalue weighted by Crippen LogP contribution is 2.23. The Labute approximate surface area is 109 Å². The molecule has 2 aromatic rings. The van der Waals surface area contributed by atoms with E-state index in [1.807, 2.05) is 0 Å². The summed E-state index contributed by atoms with van der Waals surface area (Å²) < 4.78 is 2.12. The number of nitrogens with zero attached hydrogens (tertiary/aromatic N) is 3. The van der Waals surface area contributed by atoms with Crippen LogP contribution in [-0.2, 0) is 18.8 Å². The zero-order chi connectivity index (χ0) is 12.1. The first-order valence-corrected chi connectivity index (χ1v) is 7.54. The third-order valence-electron chi connectivity index (χ3n) is 2.37. The van der Waals surface area contributed by atoms with E-state index in [9.17, 15) is 0 Å². The molecule has 2 rings (SSSR count). The lowest BCUT2D eigenvalue weighted by Crippen LogP contribution is -2.09. The number of thioether (sulfide) groups is 1. The largest absolute Gasteiger partial charge is 0.324 e. The average molecular weight is 268 g/mol. The number of aromatic nitrogens is 3. The van der Waals surface area contributed by atoms with Crippen LogP contribution in [0.1, 0.15) is 24.7 Å². The van der Waals surface area contributed by atoms with E-state index in [1.165, 1.54) is 5.56 Å². The summed E-state index contributed by atoms with van der Waals surface area (Å²) >= 11 is 3.44. The predicted molar refractivity (Wildman–Crippen MR) is 72.1 cm³/mol. The number of hydrogen-bond acceptors (Lipinski definition) is 5. The van der Waals surface area contributed by atoms with Gasteiger partial charge in [0.05, 0.1) is 6.54 Å². The second kappa shape index (κ2) is 6.18. The molecule has 0 saturated carbocycles. The first kappa shape index (κ1) is 12.6. The maximum absolute atomic E-state index is 5.65. The second-order valence-electron chi connectivity index (χ2n) is 3.67. The zero-order valence-electron chi connectivity index (χ0n) is 9.80. The van der Waals surface area contributed by atoms with Crippen LogP contribution in [0.25, 0.3) is 0 Å². The molecule has 0 aromatic carbocycles. The first-order valence-electron chi connectivity index (χ1n) is 5.61. The van der Waals surface area contributed by atoms with Gasteiger partial charge >= 0.3 is 0 Å². The van der Waals surface area contributed by atoms with Crippen molar-refractivity contribution in [2.75, 3.05) is 0 Å². The molecular formula is C11H16N4S2. The summed E-state index contributed by atoms with van der Waals surface area (Å²) in [6.45, 7) is 3.53. The second-order valence-corrected chi connectivity index (χ2v) is 5.40. The van der Waals surface area contributed by atoms with Gasteiger partial charge in [-0.3, -0.25) is 0 Å². The highest BCUT2D eigenvalue weighted by atomic mass is 32.2. The van der Waals surface area contributed by atoms with Crippen LogP contribution in [0, 0.1) is 0 Å². The van der Waals surface area contributed by atoms with Crippen molar-refractivity contribution in [3.63, 3.8) is 0 Å². The molecule has 2 aromatic heterocycles. The Balaban J connectivity index is 2.06. The minimum absolute atomic E-state index is 0.450. The molecule has 0 amide bonds. The summed E-state index contributed by atoms with van der Waals surface area (Å²) in [5.74, 6) is 1.82. The molecule has 0 aliphatic carbocycles. The molecule has 92 valence electrons. The van der Waals surface area contributed by atoms with Crippen molar-refractivity contribution in [2.24, 2.45) is 5.73 Å². The van der Waals surface area contributed by atoms with Crippen LogP contribution >= 0.6 is 23.1 Å². The minimum Gasteiger partial charge on any atom is -0.324 e. The monoisotopic (exact) mass is 268 g/mol. The fraction of sp³-hybridized carbons (Fsp3) is 0.455. The van der Waals surface area contributed by atoms with Crippen molar-refractivity contribution in [2.45, 2.75) is 37.3 Å². The van der Waals surface area contributed by atoms with Crippen LogP contribution in [0.4, 0.5) is 0 Å². The Hall–Kier alpha value is -0.850. The number of hydrogen-bond donors (Lipinski definition) is 1. The summed E-state index contributed by atoms with van der Waals surface area (Å²) in [6.07, 6.45) is 1.07. The lowest BCUT2D eigenvalue weighted by Gasteiger charge is -2.06. The van der Waals surface area contributed by atoms with Gasteiger partial charge in [-0.15, -0.1) is 10.2 Å². The minimum atomic E-state index is 0.450. The summed E-state index contributed by atoms with van der Waals surface area (Å²) in [5.41, 5.74) is 6.99. The van der Waals surface area contributed by atoms with Crippen molar-refractivity contribution in [3.05, 3.63) is 28.2 Å². The van der Waals surface area contributed by atoms with Gasteiger partial charge in [0.2, 0.25) is 0 Å². The van der Waals surface area contributed by atoms with Crippen LogP contribution < -0.4 is 5.73 Å². The van der Waals surface area contributed by atoms with Gasteiger partial charge in [0.1, 0.15) is 5.82 Å². The van der Waals surface area contributed by atoms with Gasteiger partial charge in [-0.2, -0.15) is 11.3 Å². The van der Waals surface area contributed by atoms with Crippen LogP contribution in [0.5, 0.6) is 0 Å². The van der Waals surface area contributed by atoms with Crippen LogP contribution in [0.3, 0.4) is 0 Å². The number of rotatable bonds is 6. The van der Waals surface area contributed by atoms with Crippen molar-refractivity contribution in [1.29, 1.82) is 0 Å². The standard InChI is InChI=1S/C11H16N4S2/c1-2-4-15-10(6-12)13-14-11(15)17-8-9-3-5-16-7-9/h3,5,7H,2,4,6,8,12H2,1H3. The van der Waals surface area contributed by atoms with E-state index in [0.29, 0.717) is 6.54 Å². The van der Waals surface area contributed by atoms with E-state index in [-0.39, 0.29) is 0 Å². The third-order valence-corrected chi connectivity index (χ3v) is 4.14. The normalized spacial score (nSPS) is 10.9. The molecule has 2 heterocycles.